The van der Waals surface area contributed by atoms with Crippen LogP contribution in [0.15, 0.2) is 24.3 Å². The Morgan fingerprint density at radius 2 is 1.86 bits per heavy atom. The molecule has 2 unspecified atom stereocenters. The summed E-state index contributed by atoms with van der Waals surface area (Å²) in [6.45, 7) is 4.25. The van der Waals surface area contributed by atoms with Crippen LogP contribution in [0.5, 0.6) is 0 Å². The molecular weight excluding hydrogens is 172 g/mol. The highest BCUT2D eigenvalue weighted by molar-refractivity contribution is 5.88. The lowest BCUT2D eigenvalue weighted by molar-refractivity contribution is -0.118. The second-order valence-corrected chi connectivity index (χ2v) is 4.37. The average Bonchev–Trinajstić information content (AvgIpc) is 2.49. The van der Waals surface area contributed by atoms with Gasteiger partial charge in [0.1, 0.15) is 5.78 Å². The molecule has 1 aromatic carbocycles. The molecule has 1 nitrogen and oxygen atoms in total. The highest BCUT2D eigenvalue weighted by atomic mass is 16.1. The third kappa shape index (κ3) is 1.59. The first-order valence-corrected chi connectivity index (χ1v) is 5.28. The Kier molecular flexibility index (Phi) is 2.40. The van der Waals surface area contributed by atoms with Crippen LogP contribution in [0.1, 0.15) is 36.8 Å². The molecular formula is C13H16O. The van der Waals surface area contributed by atoms with Gasteiger partial charge in [0.25, 0.3) is 0 Å². The van der Waals surface area contributed by atoms with Gasteiger partial charge < -0.3 is 0 Å². The molecule has 1 aliphatic carbocycles. The van der Waals surface area contributed by atoms with E-state index in [-0.39, 0.29) is 5.92 Å². The minimum absolute atomic E-state index is 0.163. The minimum atomic E-state index is 0.163. The molecule has 74 valence electrons. The molecule has 2 atom stereocenters. The fourth-order valence-corrected chi connectivity index (χ4v) is 2.30. The quantitative estimate of drug-likeness (QED) is 0.662. The second kappa shape index (κ2) is 3.56. The normalized spacial score (nSPS) is 26.9. The van der Waals surface area contributed by atoms with Gasteiger partial charge in [0, 0.05) is 12.3 Å². The lowest BCUT2D eigenvalue weighted by Gasteiger charge is -2.14. The van der Waals surface area contributed by atoms with Crippen LogP contribution in [0.2, 0.25) is 0 Å². The maximum absolute atomic E-state index is 11.7. The van der Waals surface area contributed by atoms with Crippen molar-refractivity contribution in [1.29, 1.82) is 0 Å². The van der Waals surface area contributed by atoms with Crippen molar-refractivity contribution in [2.75, 3.05) is 0 Å². The molecule has 0 radical (unpaired) electrons. The van der Waals surface area contributed by atoms with Gasteiger partial charge in [0.2, 0.25) is 0 Å². The van der Waals surface area contributed by atoms with Gasteiger partial charge in [-0.05, 0) is 24.8 Å². The van der Waals surface area contributed by atoms with E-state index in [0.29, 0.717) is 11.7 Å². The molecule has 1 fully saturated rings. The van der Waals surface area contributed by atoms with Crippen LogP contribution in [0.4, 0.5) is 0 Å². The Morgan fingerprint density at radius 1 is 1.21 bits per heavy atom. The number of carbonyl (C=O) groups is 1. The molecule has 1 aromatic rings. The number of benzene rings is 1. The summed E-state index contributed by atoms with van der Waals surface area (Å²) in [6, 6.07) is 8.38. The van der Waals surface area contributed by atoms with Crippen molar-refractivity contribution >= 4 is 5.78 Å². The van der Waals surface area contributed by atoms with Crippen LogP contribution in [0.25, 0.3) is 0 Å². The third-order valence-electron chi connectivity index (χ3n) is 3.20. The summed E-state index contributed by atoms with van der Waals surface area (Å²) in [5, 5.41) is 0. The van der Waals surface area contributed by atoms with Crippen molar-refractivity contribution < 1.29 is 4.79 Å². The first kappa shape index (κ1) is 9.45. The fourth-order valence-electron chi connectivity index (χ4n) is 2.30. The summed E-state index contributed by atoms with van der Waals surface area (Å²) in [7, 11) is 0. The van der Waals surface area contributed by atoms with E-state index < -0.39 is 0 Å². The Labute approximate surface area is 85.1 Å². The Morgan fingerprint density at radius 3 is 2.36 bits per heavy atom. The predicted molar refractivity (Wildman–Crippen MR) is 57.3 cm³/mol. The molecule has 0 aliphatic heterocycles. The second-order valence-electron chi connectivity index (χ2n) is 4.37. The Bertz CT molecular complexity index is 337. The fraction of sp³-hybridized carbons (Fsp3) is 0.462. The Balaban J connectivity index is 2.30. The molecule has 14 heavy (non-hydrogen) atoms. The smallest absolute Gasteiger partial charge is 0.140 e. The number of carbonyl (C=O) groups excluding carboxylic acids is 1. The SMILES string of the molecule is Cc1ccc(C2C(=O)CCC2C)cc1. The van der Waals surface area contributed by atoms with Gasteiger partial charge in [-0.1, -0.05) is 36.8 Å². The van der Waals surface area contributed by atoms with E-state index in [1.165, 1.54) is 11.1 Å². The van der Waals surface area contributed by atoms with Crippen LogP contribution < -0.4 is 0 Å². The molecule has 0 aromatic heterocycles. The number of ketones is 1. The van der Waals surface area contributed by atoms with Gasteiger partial charge in [-0.15, -0.1) is 0 Å². The largest absolute Gasteiger partial charge is 0.299 e. The van der Waals surface area contributed by atoms with E-state index in [1.54, 1.807) is 0 Å². The van der Waals surface area contributed by atoms with Crippen molar-refractivity contribution in [1.82, 2.24) is 0 Å². The molecule has 0 bridgehead atoms. The standard InChI is InChI=1S/C13H16O/c1-9-3-6-11(7-4-9)13-10(2)5-8-12(13)14/h3-4,6-7,10,13H,5,8H2,1-2H3. The molecule has 2 rings (SSSR count). The van der Waals surface area contributed by atoms with Crippen LogP contribution in [-0.4, -0.2) is 5.78 Å². The molecule has 1 heteroatoms. The lowest BCUT2D eigenvalue weighted by Crippen LogP contribution is -2.09. The summed E-state index contributed by atoms with van der Waals surface area (Å²) in [6.07, 6.45) is 1.82. The topological polar surface area (TPSA) is 17.1 Å². The predicted octanol–water partition coefficient (Wildman–Crippen LogP) is 3.08. The first-order valence-electron chi connectivity index (χ1n) is 5.28. The number of aryl methyl sites for hydroxylation is 1. The maximum atomic E-state index is 11.7. The molecule has 0 heterocycles. The van der Waals surface area contributed by atoms with E-state index in [0.717, 1.165) is 12.8 Å². The van der Waals surface area contributed by atoms with Gasteiger partial charge in [-0.2, -0.15) is 0 Å². The van der Waals surface area contributed by atoms with E-state index >= 15 is 0 Å². The van der Waals surface area contributed by atoms with E-state index in [1.807, 2.05) is 0 Å². The number of rotatable bonds is 1. The molecule has 1 aliphatic rings. The van der Waals surface area contributed by atoms with Gasteiger partial charge in [0.05, 0.1) is 0 Å². The number of hydrogen-bond acceptors (Lipinski definition) is 1. The summed E-state index contributed by atoms with van der Waals surface area (Å²) < 4.78 is 0. The van der Waals surface area contributed by atoms with Crippen LogP contribution in [0, 0.1) is 12.8 Å². The van der Waals surface area contributed by atoms with E-state index in [9.17, 15) is 4.79 Å². The summed E-state index contributed by atoms with van der Waals surface area (Å²) in [4.78, 5) is 11.7. The minimum Gasteiger partial charge on any atom is -0.299 e. The number of hydrogen-bond donors (Lipinski definition) is 0. The van der Waals surface area contributed by atoms with Crippen molar-refractivity contribution in [2.24, 2.45) is 5.92 Å². The van der Waals surface area contributed by atoms with Crippen molar-refractivity contribution in [3.05, 3.63) is 35.4 Å². The van der Waals surface area contributed by atoms with Crippen molar-refractivity contribution in [3.63, 3.8) is 0 Å². The Hall–Kier alpha value is -1.11. The molecule has 1 saturated carbocycles. The third-order valence-corrected chi connectivity index (χ3v) is 3.20. The van der Waals surface area contributed by atoms with Gasteiger partial charge in [-0.25, -0.2) is 0 Å². The molecule has 0 spiro atoms. The van der Waals surface area contributed by atoms with E-state index in [4.69, 9.17) is 0 Å². The van der Waals surface area contributed by atoms with Gasteiger partial charge in [-0.3, -0.25) is 4.79 Å². The van der Waals surface area contributed by atoms with Crippen molar-refractivity contribution in [3.8, 4) is 0 Å². The van der Waals surface area contributed by atoms with Crippen LogP contribution in [0.3, 0.4) is 0 Å². The van der Waals surface area contributed by atoms with E-state index in [2.05, 4.69) is 38.1 Å². The zero-order chi connectivity index (χ0) is 10.1. The monoisotopic (exact) mass is 188 g/mol. The summed E-state index contributed by atoms with van der Waals surface area (Å²) >= 11 is 0. The van der Waals surface area contributed by atoms with Gasteiger partial charge in [0.15, 0.2) is 0 Å². The zero-order valence-electron chi connectivity index (χ0n) is 8.79. The summed E-state index contributed by atoms with van der Waals surface area (Å²) in [5.41, 5.74) is 2.46. The average molecular weight is 188 g/mol. The first-order chi connectivity index (χ1) is 6.68. The molecule has 0 saturated heterocycles. The lowest BCUT2D eigenvalue weighted by atomic mass is 9.89. The van der Waals surface area contributed by atoms with Gasteiger partial charge >= 0.3 is 0 Å². The highest BCUT2D eigenvalue weighted by Gasteiger charge is 2.32. The van der Waals surface area contributed by atoms with Crippen LogP contribution >= 0.6 is 0 Å². The molecule has 0 amide bonds. The summed E-state index contributed by atoms with van der Waals surface area (Å²) in [5.74, 6) is 1.10. The van der Waals surface area contributed by atoms with Crippen molar-refractivity contribution in [2.45, 2.75) is 32.6 Å². The molecule has 0 N–H and O–H groups in total. The zero-order valence-corrected chi connectivity index (χ0v) is 8.79. The number of Topliss-reactive ketones (excluding diaryl/α,β-unsaturated/α-hetero) is 1. The highest BCUT2D eigenvalue weighted by Crippen LogP contribution is 2.36. The maximum Gasteiger partial charge on any atom is 0.140 e. The van der Waals surface area contributed by atoms with Crippen LogP contribution in [-0.2, 0) is 4.79 Å².